The maximum atomic E-state index is 12.4. The maximum Gasteiger partial charge on any atom is 0.339 e. The van der Waals surface area contributed by atoms with Gasteiger partial charge in [-0.25, -0.2) is 4.79 Å². The van der Waals surface area contributed by atoms with Gasteiger partial charge < -0.3 is 19.5 Å². The number of nitrogens with zero attached hydrogens (tertiary/aromatic N) is 3. The number of carbonyl (C=O) groups is 2. The third-order valence-electron chi connectivity index (χ3n) is 3.89. The highest BCUT2D eigenvalue weighted by Crippen LogP contribution is 2.31. The number of aromatic carboxylic acids is 1. The highest BCUT2D eigenvalue weighted by Gasteiger charge is 2.41. The van der Waals surface area contributed by atoms with Gasteiger partial charge in [-0.3, -0.25) is 9.48 Å². The second-order valence-corrected chi connectivity index (χ2v) is 5.27. The molecule has 1 aromatic rings. The molecule has 0 unspecified atom stereocenters. The third-order valence-corrected chi connectivity index (χ3v) is 3.89. The minimum Gasteiger partial charge on any atom is -0.478 e. The quantitative estimate of drug-likeness (QED) is 0.831. The van der Waals surface area contributed by atoms with E-state index in [2.05, 4.69) is 5.10 Å². The Morgan fingerprint density at radius 3 is 2.48 bits per heavy atom. The van der Waals surface area contributed by atoms with Crippen molar-refractivity contribution < 1.29 is 24.2 Å². The summed E-state index contributed by atoms with van der Waals surface area (Å²) in [6, 6.07) is 0. The Kier molecular flexibility index (Phi) is 3.42. The van der Waals surface area contributed by atoms with E-state index in [4.69, 9.17) is 14.6 Å². The molecule has 8 heteroatoms. The predicted molar refractivity (Wildman–Crippen MR) is 69.9 cm³/mol. The van der Waals surface area contributed by atoms with E-state index in [0.29, 0.717) is 39.1 Å². The topological polar surface area (TPSA) is 93.9 Å². The lowest BCUT2D eigenvalue weighted by atomic mass is 10.0. The molecule has 0 saturated carbocycles. The number of carboxylic acids is 1. The van der Waals surface area contributed by atoms with Crippen molar-refractivity contribution >= 4 is 11.9 Å². The lowest BCUT2D eigenvalue weighted by Crippen LogP contribution is -2.47. The average Bonchev–Trinajstić information content (AvgIpc) is 3.06. The number of amides is 1. The zero-order chi connectivity index (χ0) is 15.0. The van der Waals surface area contributed by atoms with E-state index < -0.39 is 11.8 Å². The Balaban J connectivity index is 1.73. The van der Waals surface area contributed by atoms with Crippen LogP contribution in [0.1, 0.15) is 33.7 Å². The minimum atomic E-state index is -1.15. The standard InChI is InChI=1S/C13H17N3O5/c1-15-8-9(12(18)19)10(14-15)11(17)16-4-2-13(3-5-16)20-6-7-21-13/h8H,2-7H2,1H3,(H,18,19). The van der Waals surface area contributed by atoms with Gasteiger partial charge in [0, 0.05) is 39.2 Å². The lowest BCUT2D eigenvalue weighted by molar-refractivity contribution is -0.181. The second kappa shape index (κ2) is 5.12. The zero-order valence-corrected chi connectivity index (χ0v) is 11.7. The van der Waals surface area contributed by atoms with Crippen molar-refractivity contribution in [3.05, 3.63) is 17.5 Å². The largest absolute Gasteiger partial charge is 0.478 e. The molecule has 0 aliphatic carbocycles. The fourth-order valence-electron chi connectivity index (χ4n) is 2.79. The average molecular weight is 295 g/mol. The van der Waals surface area contributed by atoms with Gasteiger partial charge in [0.15, 0.2) is 11.5 Å². The van der Waals surface area contributed by atoms with Crippen molar-refractivity contribution in [1.82, 2.24) is 14.7 Å². The Bertz CT molecular complexity index is 566. The SMILES string of the molecule is Cn1cc(C(=O)O)c(C(=O)N2CCC3(CC2)OCCO3)n1. The molecule has 1 aromatic heterocycles. The van der Waals surface area contributed by atoms with E-state index >= 15 is 0 Å². The highest BCUT2D eigenvalue weighted by molar-refractivity contribution is 6.03. The number of hydrogen-bond acceptors (Lipinski definition) is 5. The number of hydrogen-bond donors (Lipinski definition) is 1. The molecule has 0 atom stereocenters. The number of likely N-dealkylation sites (tertiary alicyclic amines) is 1. The first-order chi connectivity index (χ1) is 10.0. The van der Waals surface area contributed by atoms with E-state index in [1.807, 2.05) is 0 Å². The number of carbonyl (C=O) groups excluding carboxylic acids is 1. The summed E-state index contributed by atoms with van der Waals surface area (Å²) in [5.74, 6) is -2.07. The van der Waals surface area contributed by atoms with Gasteiger partial charge >= 0.3 is 5.97 Å². The lowest BCUT2D eigenvalue weighted by Gasteiger charge is -2.37. The Morgan fingerprint density at radius 2 is 1.90 bits per heavy atom. The number of carboxylic acid groups (broad SMARTS) is 1. The summed E-state index contributed by atoms with van der Waals surface area (Å²) in [5.41, 5.74) is -0.0923. The van der Waals surface area contributed by atoms with Crippen LogP contribution in [0.15, 0.2) is 6.20 Å². The molecule has 3 heterocycles. The Hall–Kier alpha value is -1.93. The number of rotatable bonds is 2. The summed E-state index contributed by atoms with van der Waals surface area (Å²) < 4.78 is 12.6. The van der Waals surface area contributed by atoms with Crippen molar-refractivity contribution in [2.24, 2.45) is 7.05 Å². The summed E-state index contributed by atoms with van der Waals surface area (Å²) in [6.45, 7) is 2.09. The summed E-state index contributed by atoms with van der Waals surface area (Å²) in [5, 5.41) is 13.1. The van der Waals surface area contributed by atoms with Crippen molar-refractivity contribution in [1.29, 1.82) is 0 Å². The number of aromatic nitrogens is 2. The summed E-state index contributed by atoms with van der Waals surface area (Å²) in [4.78, 5) is 25.2. The maximum absolute atomic E-state index is 12.4. The van der Waals surface area contributed by atoms with Gasteiger partial charge in [-0.2, -0.15) is 5.10 Å². The van der Waals surface area contributed by atoms with Crippen LogP contribution in [-0.4, -0.2) is 63.8 Å². The molecule has 2 fully saturated rings. The van der Waals surface area contributed by atoms with E-state index in [9.17, 15) is 9.59 Å². The molecule has 0 aromatic carbocycles. The third kappa shape index (κ3) is 2.52. The normalized spacial score (nSPS) is 20.9. The molecule has 21 heavy (non-hydrogen) atoms. The van der Waals surface area contributed by atoms with Crippen molar-refractivity contribution in [2.75, 3.05) is 26.3 Å². The van der Waals surface area contributed by atoms with Gasteiger partial charge in [0.1, 0.15) is 5.56 Å². The molecule has 3 rings (SSSR count). The van der Waals surface area contributed by atoms with Crippen LogP contribution in [0.4, 0.5) is 0 Å². The number of ether oxygens (including phenoxy) is 2. The van der Waals surface area contributed by atoms with Crippen LogP contribution in [0.2, 0.25) is 0 Å². The Morgan fingerprint density at radius 1 is 1.29 bits per heavy atom. The number of piperidine rings is 1. The molecule has 1 amide bonds. The van der Waals surface area contributed by atoms with Crippen LogP contribution in [0, 0.1) is 0 Å². The first-order valence-corrected chi connectivity index (χ1v) is 6.85. The predicted octanol–water partition coefficient (Wildman–Crippen LogP) is 0.0974. The van der Waals surface area contributed by atoms with Gasteiger partial charge in [0.05, 0.1) is 13.2 Å². The fraction of sp³-hybridized carbons (Fsp3) is 0.615. The van der Waals surface area contributed by atoms with Gasteiger partial charge in [-0.05, 0) is 0 Å². The molecule has 1 spiro atoms. The van der Waals surface area contributed by atoms with Crippen LogP contribution in [0.3, 0.4) is 0 Å². The first kappa shape index (κ1) is 14.0. The van der Waals surface area contributed by atoms with E-state index in [-0.39, 0.29) is 17.2 Å². The molecular weight excluding hydrogens is 278 g/mol. The fourth-order valence-corrected chi connectivity index (χ4v) is 2.79. The highest BCUT2D eigenvalue weighted by atomic mass is 16.7. The zero-order valence-electron chi connectivity index (χ0n) is 11.7. The van der Waals surface area contributed by atoms with Gasteiger partial charge in [-0.1, -0.05) is 0 Å². The molecule has 0 bridgehead atoms. The summed E-state index contributed by atoms with van der Waals surface area (Å²) in [6.07, 6.45) is 2.52. The van der Waals surface area contributed by atoms with Crippen molar-refractivity contribution in [3.63, 3.8) is 0 Å². The molecule has 8 nitrogen and oxygen atoms in total. The molecule has 2 saturated heterocycles. The van der Waals surface area contributed by atoms with Crippen LogP contribution in [0.5, 0.6) is 0 Å². The van der Waals surface area contributed by atoms with Crippen LogP contribution >= 0.6 is 0 Å². The van der Waals surface area contributed by atoms with Crippen molar-refractivity contribution in [3.8, 4) is 0 Å². The van der Waals surface area contributed by atoms with E-state index in [1.165, 1.54) is 10.9 Å². The molecule has 114 valence electrons. The first-order valence-electron chi connectivity index (χ1n) is 6.85. The van der Waals surface area contributed by atoms with Gasteiger partial charge in [0.25, 0.3) is 5.91 Å². The smallest absolute Gasteiger partial charge is 0.339 e. The molecule has 0 radical (unpaired) electrons. The van der Waals surface area contributed by atoms with Crippen molar-refractivity contribution in [2.45, 2.75) is 18.6 Å². The van der Waals surface area contributed by atoms with Crippen LogP contribution < -0.4 is 0 Å². The second-order valence-electron chi connectivity index (χ2n) is 5.27. The minimum absolute atomic E-state index is 0.0193. The Labute approximate surface area is 121 Å². The summed E-state index contributed by atoms with van der Waals surface area (Å²) >= 11 is 0. The number of aryl methyl sites for hydroxylation is 1. The molecule has 2 aliphatic rings. The van der Waals surface area contributed by atoms with Gasteiger partial charge in [-0.15, -0.1) is 0 Å². The van der Waals surface area contributed by atoms with Gasteiger partial charge in [0.2, 0.25) is 0 Å². The monoisotopic (exact) mass is 295 g/mol. The van der Waals surface area contributed by atoms with E-state index in [0.717, 1.165) is 0 Å². The molecule has 2 aliphatic heterocycles. The van der Waals surface area contributed by atoms with E-state index in [1.54, 1.807) is 11.9 Å². The molecule has 1 N–H and O–H groups in total. The molecular formula is C13H17N3O5. The van der Waals surface area contributed by atoms with Crippen LogP contribution in [0.25, 0.3) is 0 Å². The summed E-state index contributed by atoms with van der Waals surface area (Å²) in [7, 11) is 1.59. The van der Waals surface area contributed by atoms with Crippen LogP contribution in [-0.2, 0) is 16.5 Å².